The number of furan rings is 1. The van der Waals surface area contributed by atoms with Gasteiger partial charge in [0.1, 0.15) is 12.3 Å². The third kappa shape index (κ3) is 5.47. The van der Waals surface area contributed by atoms with Crippen LogP contribution in [0.4, 0.5) is 5.69 Å². The average Bonchev–Trinajstić information content (AvgIpc) is 2.91. The largest absolute Gasteiger partial charge is 0.460 e. The summed E-state index contributed by atoms with van der Waals surface area (Å²) < 4.78 is 5.53. The zero-order valence-corrected chi connectivity index (χ0v) is 14.1. The molecule has 2 aromatic rings. The summed E-state index contributed by atoms with van der Waals surface area (Å²) in [5.74, 6) is 2.05. The van der Waals surface area contributed by atoms with Crippen LogP contribution in [0.1, 0.15) is 11.5 Å². The van der Waals surface area contributed by atoms with Crippen molar-refractivity contribution in [1.29, 1.82) is 5.26 Å². The number of nitrogens with one attached hydrogen (secondary N) is 2. The number of hydrogen-bond donors (Lipinski definition) is 2. The van der Waals surface area contributed by atoms with Gasteiger partial charge in [-0.15, -0.1) is 11.8 Å². The Labute approximate surface area is 140 Å². The number of nitriles is 1. The summed E-state index contributed by atoms with van der Waals surface area (Å²) >= 11 is 1.42. The van der Waals surface area contributed by atoms with Gasteiger partial charge in [-0.1, -0.05) is 12.1 Å². The Balaban J connectivity index is 1.90. The first-order valence-corrected chi connectivity index (χ1v) is 8.32. The molecule has 120 valence electrons. The van der Waals surface area contributed by atoms with Gasteiger partial charge >= 0.3 is 0 Å². The van der Waals surface area contributed by atoms with E-state index in [-0.39, 0.29) is 5.91 Å². The molecule has 0 fully saturated rings. The molecule has 1 aromatic heterocycles. The Bertz CT molecular complexity index is 706. The molecule has 1 unspecified atom stereocenters. The van der Waals surface area contributed by atoms with Gasteiger partial charge in [0.25, 0.3) is 5.91 Å². The van der Waals surface area contributed by atoms with Crippen LogP contribution in [0, 0.1) is 18.3 Å². The van der Waals surface area contributed by atoms with Crippen LogP contribution in [0.25, 0.3) is 0 Å². The lowest BCUT2D eigenvalue weighted by Crippen LogP contribution is -3.08. The molecule has 0 saturated heterocycles. The van der Waals surface area contributed by atoms with Gasteiger partial charge in [-0.25, -0.2) is 0 Å². The SMILES string of the molecule is Cc1ccc(C[NH+](C)CC(=O)Nc2ccccc2SCC#N)o1. The third-order valence-corrected chi connectivity index (χ3v) is 4.13. The van der Waals surface area contributed by atoms with Crippen molar-refractivity contribution in [1.82, 2.24) is 0 Å². The van der Waals surface area contributed by atoms with E-state index >= 15 is 0 Å². The Kier molecular flexibility index (Phi) is 6.27. The number of aryl methyl sites for hydroxylation is 1. The molecule has 5 nitrogen and oxygen atoms in total. The number of nitrogens with zero attached hydrogens (tertiary/aromatic N) is 1. The van der Waals surface area contributed by atoms with Crippen LogP contribution in [-0.4, -0.2) is 25.3 Å². The van der Waals surface area contributed by atoms with Gasteiger partial charge in [-0.2, -0.15) is 5.26 Å². The fourth-order valence-corrected chi connectivity index (χ4v) is 2.88. The monoisotopic (exact) mass is 330 g/mol. The highest BCUT2D eigenvalue weighted by atomic mass is 32.2. The standard InChI is InChI=1S/C17H19N3O2S/c1-13-7-8-14(22-13)11-20(2)12-17(21)19-15-5-3-4-6-16(15)23-10-9-18/h3-8H,10-12H2,1-2H3,(H,19,21)/p+1. The van der Waals surface area contributed by atoms with Crippen molar-refractivity contribution in [2.75, 3.05) is 24.7 Å². The second-order valence-electron chi connectivity index (χ2n) is 5.31. The number of anilines is 1. The smallest absolute Gasteiger partial charge is 0.279 e. The first kappa shape index (κ1) is 17.1. The van der Waals surface area contributed by atoms with Crippen LogP contribution < -0.4 is 10.2 Å². The van der Waals surface area contributed by atoms with E-state index < -0.39 is 0 Å². The summed E-state index contributed by atoms with van der Waals surface area (Å²) in [5, 5.41) is 11.6. The van der Waals surface area contributed by atoms with Crippen molar-refractivity contribution >= 4 is 23.4 Å². The van der Waals surface area contributed by atoms with E-state index in [0.717, 1.165) is 27.0 Å². The lowest BCUT2D eigenvalue weighted by atomic mass is 10.3. The zero-order chi connectivity index (χ0) is 16.7. The van der Waals surface area contributed by atoms with Crippen molar-refractivity contribution < 1.29 is 14.1 Å². The van der Waals surface area contributed by atoms with E-state index in [1.54, 1.807) is 0 Å². The summed E-state index contributed by atoms with van der Waals surface area (Å²) in [7, 11) is 1.95. The normalized spacial score (nSPS) is 11.7. The topological polar surface area (TPSA) is 70.5 Å². The molecule has 0 aliphatic heterocycles. The van der Waals surface area contributed by atoms with Crippen molar-refractivity contribution in [3.05, 3.63) is 47.9 Å². The summed E-state index contributed by atoms with van der Waals surface area (Å²) in [4.78, 5) is 14.2. The number of carbonyl (C=O) groups is 1. The predicted octanol–water partition coefficient (Wildman–Crippen LogP) is 1.86. The molecule has 0 radical (unpaired) electrons. The number of quaternary nitrogens is 1. The molecule has 6 heteroatoms. The lowest BCUT2D eigenvalue weighted by Gasteiger charge is -2.14. The Hall–Kier alpha value is -2.23. The van der Waals surface area contributed by atoms with E-state index in [2.05, 4.69) is 11.4 Å². The van der Waals surface area contributed by atoms with Gasteiger partial charge in [0.05, 0.1) is 24.6 Å². The molecule has 2 rings (SSSR count). The van der Waals surface area contributed by atoms with E-state index in [0.29, 0.717) is 18.8 Å². The summed E-state index contributed by atoms with van der Waals surface area (Å²) in [5.41, 5.74) is 0.749. The maximum Gasteiger partial charge on any atom is 0.279 e. The number of likely N-dealkylation sites (N-methyl/N-ethyl adjacent to an activating group) is 1. The van der Waals surface area contributed by atoms with Gasteiger partial charge in [0.15, 0.2) is 12.3 Å². The lowest BCUT2D eigenvalue weighted by molar-refractivity contribution is -0.886. The van der Waals surface area contributed by atoms with Crippen LogP contribution in [0.15, 0.2) is 45.7 Å². The van der Waals surface area contributed by atoms with Crippen molar-refractivity contribution in [3.63, 3.8) is 0 Å². The highest BCUT2D eigenvalue weighted by Crippen LogP contribution is 2.26. The fraction of sp³-hybridized carbons (Fsp3) is 0.294. The van der Waals surface area contributed by atoms with Crippen LogP contribution in [0.2, 0.25) is 0 Å². The highest BCUT2D eigenvalue weighted by molar-refractivity contribution is 7.99. The minimum absolute atomic E-state index is 0.0595. The summed E-state index contributed by atoms with van der Waals surface area (Å²) in [6.07, 6.45) is 0. The van der Waals surface area contributed by atoms with Crippen LogP contribution in [0.3, 0.4) is 0 Å². The molecule has 0 spiro atoms. The van der Waals surface area contributed by atoms with Crippen LogP contribution >= 0.6 is 11.8 Å². The van der Waals surface area contributed by atoms with E-state index in [9.17, 15) is 4.79 Å². The Morgan fingerprint density at radius 2 is 2.13 bits per heavy atom. The Morgan fingerprint density at radius 1 is 1.35 bits per heavy atom. The molecule has 1 aromatic carbocycles. The number of amides is 1. The molecule has 1 amide bonds. The molecule has 1 heterocycles. The first-order valence-electron chi connectivity index (χ1n) is 7.33. The molecule has 0 saturated carbocycles. The molecular weight excluding hydrogens is 310 g/mol. The zero-order valence-electron chi connectivity index (χ0n) is 13.3. The van der Waals surface area contributed by atoms with Crippen molar-refractivity contribution in [3.8, 4) is 6.07 Å². The van der Waals surface area contributed by atoms with E-state index in [1.165, 1.54) is 11.8 Å². The Morgan fingerprint density at radius 3 is 2.83 bits per heavy atom. The van der Waals surface area contributed by atoms with Gasteiger partial charge in [0.2, 0.25) is 0 Å². The number of hydrogen-bond acceptors (Lipinski definition) is 4. The van der Waals surface area contributed by atoms with Gasteiger partial charge < -0.3 is 14.6 Å². The molecule has 23 heavy (non-hydrogen) atoms. The second kappa shape index (κ2) is 8.42. The molecular formula is C17H20N3O2S+. The number of rotatable bonds is 7. The molecule has 0 aliphatic carbocycles. The van der Waals surface area contributed by atoms with E-state index in [1.807, 2.05) is 50.4 Å². The van der Waals surface area contributed by atoms with Gasteiger partial charge in [0, 0.05) is 4.90 Å². The third-order valence-electron chi connectivity index (χ3n) is 3.19. The minimum Gasteiger partial charge on any atom is -0.460 e. The second-order valence-corrected chi connectivity index (χ2v) is 6.33. The highest BCUT2D eigenvalue weighted by Gasteiger charge is 2.14. The maximum atomic E-state index is 12.2. The quantitative estimate of drug-likeness (QED) is 0.760. The van der Waals surface area contributed by atoms with Crippen molar-refractivity contribution in [2.24, 2.45) is 0 Å². The average molecular weight is 330 g/mol. The predicted molar refractivity (Wildman–Crippen MR) is 90.3 cm³/mol. The maximum absolute atomic E-state index is 12.2. The molecule has 0 bridgehead atoms. The summed E-state index contributed by atoms with van der Waals surface area (Å²) in [6, 6.07) is 13.5. The minimum atomic E-state index is -0.0595. The first-order chi connectivity index (χ1) is 11.1. The number of thioether (sulfide) groups is 1. The number of benzene rings is 1. The van der Waals surface area contributed by atoms with E-state index in [4.69, 9.17) is 9.68 Å². The fourth-order valence-electron chi connectivity index (χ4n) is 2.21. The van der Waals surface area contributed by atoms with Crippen LogP contribution in [-0.2, 0) is 11.3 Å². The van der Waals surface area contributed by atoms with Gasteiger partial charge in [-0.3, -0.25) is 4.79 Å². The van der Waals surface area contributed by atoms with Crippen LogP contribution in [0.5, 0.6) is 0 Å². The molecule has 1 atom stereocenters. The molecule has 2 N–H and O–H groups in total. The summed E-state index contributed by atoms with van der Waals surface area (Å²) in [6.45, 7) is 2.91. The number of para-hydroxylation sites is 1. The van der Waals surface area contributed by atoms with Crippen molar-refractivity contribution in [2.45, 2.75) is 18.4 Å². The number of carbonyl (C=O) groups excluding carboxylic acids is 1. The molecule has 0 aliphatic rings. The van der Waals surface area contributed by atoms with Gasteiger partial charge in [-0.05, 0) is 31.2 Å².